The molecule has 0 saturated heterocycles. The maximum atomic E-state index is 14.5. The Bertz CT molecular complexity index is 1230. The molecule has 1 saturated carbocycles. The second-order valence-corrected chi connectivity index (χ2v) is 11.6. The minimum absolute atomic E-state index is 0.186. The average Bonchev–Trinajstić information content (AvgIpc) is 3.74. The van der Waals surface area contributed by atoms with E-state index in [2.05, 4.69) is 21.9 Å². The van der Waals surface area contributed by atoms with Crippen molar-refractivity contribution in [3.8, 4) is 18.1 Å². The predicted octanol–water partition coefficient (Wildman–Crippen LogP) is 3.27. The van der Waals surface area contributed by atoms with Crippen LogP contribution in [0.25, 0.3) is 0 Å². The molecular weight excluding hydrogens is 529 g/mol. The first-order valence-corrected chi connectivity index (χ1v) is 15.2. The van der Waals surface area contributed by atoms with Crippen molar-refractivity contribution < 1.29 is 23.8 Å². The number of fused-ring (bicyclic) bond motifs is 2. The summed E-state index contributed by atoms with van der Waals surface area (Å²) in [5.41, 5.74) is 2.17. The van der Waals surface area contributed by atoms with Crippen molar-refractivity contribution in [2.45, 2.75) is 68.7 Å². The third kappa shape index (κ3) is 8.23. The Morgan fingerprint density at radius 3 is 2.80 bits per heavy atom. The van der Waals surface area contributed by atoms with Crippen LogP contribution in [0.3, 0.4) is 0 Å². The molecule has 0 aromatic heterocycles. The van der Waals surface area contributed by atoms with E-state index in [0.717, 1.165) is 24.0 Å². The number of hydrogen-bond acceptors (Lipinski definition) is 6. The van der Waals surface area contributed by atoms with E-state index in [-0.39, 0.29) is 36.7 Å². The molecule has 2 bridgehead atoms. The molecule has 1 aliphatic heterocycles. The van der Waals surface area contributed by atoms with Gasteiger partial charge in [-0.25, -0.2) is 4.39 Å². The summed E-state index contributed by atoms with van der Waals surface area (Å²) in [6, 6.07) is 10.8. The molecule has 4 N–H and O–H groups in total. The van der Waals surface area contributed by atoms with Crippen molar-refractivity contribution in [1.29, 1.82) is 0 Å². The van der Waals surface area contributed by atoms with Crippen LogP contribution in [0.2, 0.25) is 0 Å². The lowest BCUT2D eigenvalue weighted by Crippen LogP contribution is -2.55. The lowest BCUT2D eigenvalue weighted by atomic mass is 9.98. The first-order valence-electron chi connectivity index (χ1n) is 13.8. The highest BCUT2D eigenvalue weighted by Crippen LogP contribution is 2.45. The Hall–Kier alpha value is -3.06. The molecule has 2 amide bonds. The molecule has 1 fully saturated rings. The summed E-state index contributed by atoms with van der Waals surface area (Å²) in [4.78, 5) is 26.0. The van der Waals surface area contributed by atoms with Gasteiger partial charge in [0.1, 0.15) is 17.6 Å². The number of aliphatic hydroxyl groups is 1. The SMILES string of the molecule is C#Cc1cccc(C2(NC[C@@H](O)[C@@H]3Cc4cc(F)cc(c4)OCCCCC(=O)N[C@@H](CCSC)C(=O)N3)CC2)c1. The Kier molecular flexibility index (Phi) is 10.5. The van der Waals surface area contributed by atoms with Crippen LogP contribution in [-0.2, 0) is 21.5 Å². The van der Waals surface area contributed by atoms with E-state index >= 15 is 0 Å². The van der Waals surface area contributed by atoms with E-state index in [0.29, 0.717) is 42.9 Å². The molecule has 7 nitrogen and oxygen atoms in total. The first kappa shape index (κ1) is 29.9. The van der Waals surface area contributed by atoms with Crippen molar-refractivity contribution in [1.82, 2.24) is 16.0 Å². The van der Waals surface area contributed by atoms with E-state index in [1.165, 1.54) is 12.1 Å². The molecule has 0 unspecified atom stereocenters. The van der Waals surface area contributed by atoms with Gasteiger partial charge in [0, 0.05) is 30.1 Å². The van der Waals surface area contributed by atoms with Crippen molar-refractivity contribution in [2.75, 3.05) is 25.2 Å². The fourth-order valence-electron chi connectivity index (χ4n) is 5.03. The summed E-state index contributed by atoms with van der Waals surface area (Å²) in [6.07, 6.45) is 10.5. The van der Waals surface area contributed by atoms with Gasteiger partial charge in [-0.3, -0.25) is 9.59 Å². The van der Waals surface area contributed by atoms with Gasteiger partial charge < -0.3 is 25.8 Å². The molecule has 9 heteroatoms. The summed E-state index contributed by atoms with van der Waals surface area (Å²) < 4.78 is 20.2. The van der Waals surface area contributed by atoms with Gasteiger partial charge in [0.15, 0.2) is 0 Å². The average molecular weight is 568 g/mol. The Morgan fingerprint density at radius 2 is 2.05 bits per heavy atom. The normalized spacial score (nSPS) is 21.9. The Balaban J connectivity index is 1.55. The molecule has 4 rings (SSSR count). The highest BCUT2D eigenvalue weighted by Gasteiger charge is 2.44. The van der Waals surface area contributed by atoms with Gasteiger partial charge in [-0.1, -0.05) is 18.1 Å². The number of halogens is 1. The highest BCUT2D eigenvalue weighted by molar-refractivity contribution is 7.98. The van der Waals surface area contributed by atoms with Crippen LogP contribution in [0.5, 0.6) is 5.75 Å². The number of rotatable bonds is 8. The predicted molar refractivity (Wildman–Crippen MR) is 156 cm³/mol. The minimum atomic E-state index is -0.988. The van der Waals surface area contributed by atoms with Gasteiger partial charge >= 0.3 is 0 Å². The third-order valence-corrected chi connectivity index (χ3v) is 8.13. The van der Waals surface area contributed by atoms with E-state index in [1.54, 1.807) is 17.8 Å². The van der Waals surface area contributed by atoms with Crippen LogP contribution >= 0.6 is 11.8 Å². The van der Waals surface area contributed by atoms with Crippen LogP contribution in [0.15, 0.2) is 42.5 Å². The number of thioether (sulfide) groups is 1. The maximum absolute atomic E-state index is 14.5. The van der Waals surface area contributed by atoms with Crippen LogP contribution in [0, 0.1) is 18.2 Å². The zero-order chi connectivity index (χ0) is 28.5. The van der Waals surface area contributed by atoms with E-state index < -0.39 is 24.0 Å². The van der Waals surface area contributed by atoms with Crippen LogP contribution in [0.1, 0.15) is 55.2 Å². The van der Waals surface area contributed by atoms with Gasteiger partial charge in [-0.2, -0.15) is 11.8 Å². The number of aliphatic hydroxyl groups excluding tert-OH is 1. The van der Waals surface area contributed by atoms with Gasteiger partial charge in [0.25, 0.3) is 0 Å². The minimum Gasteiger partial charge on any atom is -0.493 e. The fraction of sp³-hybridized carbons (Fsp3) is 0.484. The van der Waals surface area contributed by atoms with Crippen LogP contribution in [0.4, 0.5) is 4.39 Å². The maximum Gasteiger partial charge on any atom is 0.242 e. The second kappa shape index (κ2) is 14.0. The van der Waals surface area contributed by atoms with Crippen LogP contribution in [-0.4, -0.2) is 60.3 Å². The first-order chi connectivity index (χ1) is 19.3. The summed E-state index contributed by atoms with van der Waals surface area (Å²) >= 11 is 1.59. The molecule has 2 aromatic rings. The number of carbonyl (C=O) groups is 2. The summed E-state index contributed by atoms with van der Waals surface area (Å²) in [6.45, 7) is 0.550. The molecule has 0 spiro atoms. The summed E-state index contributed by atoms with van der Waals surface area (Å²) in [5.74, 6) is 2.72. The summed E-state index contributed by atoms with van der Waals surface area (Å²) in [7, 11) is 0. The van der Waals surface area contributed by atoms with Gasteiger partial charge in [-0.15, -0.1) is 6.42 Å². The highest BCUT2D eigenvalue weighted by atomic mass is 32.2. The quantitative estimate of drug-likeness (QED) is 0.366. The Morgan fingerprint density at radius 1 is 1.23 bits per heavy atom. The lowest BCUT2D eigenvalue weighted by molar-refractivity contribution is -0.130. The van der Waals surface area contributed by atoms with Crippen molar-refractivity contribution >= 4 is 23.6 Å². The molecule has 40 heavy (non-hydrogen) atoms. The number of ether oxygens (including phenoxy) is 1. The van der Waals surface area contributed by atoms with Crippen molar-refractivity contribution in [3.05, 3.63) is 65.0 Å². The summed E-state index contributed by atoms with van der Waals surface area (Å²) in [5, 5.41) is 20.7. The van der Waals surface area contributed by atoms with Crippen molar-refractivity contribution in [3.63, 3.8) is 0 Å². The molecule has 214 valence electrons. The number of terminal acetylenes is 1. The van der Waals surface area contributed by atoms with Gasteiger partial charge in [-0.05, 0) is 85.9 Å². The molecule has 0 radical (unpaired) electrons. The lowest BCUT2D eigenvalue weighted by Gasteiger charge is -2.29. The van der Waals surface area contributed by atoms with E-state index in [9.17, 15) is 19.1 Å². The standard InChI is InChI=1S/C31H38FN3O4S/c1-3-21-7-6-8-23(15-21)31(11-12-31)33-20-28(36)27-18-22-16-24(32)19-25(17-22)39-13-5-4-9-29(37)34-26(10-14-40-2)30(38)35-27/h1,6-8,15-17,19,26-28,33,36H,4-5,9-14,18,20H2,2H3,(H,34,37)(H,35,38)/t26-,27-,28+/m0/s1. The zero-order valence-electron chi connectivity index (χ0n) is 22.9. The molecule has 1 aliphatic carbocycles. The monoisotopic (exact) mass is 567 g/mol. The smallest absolute Gasteiger partial charge is 0.242 e. The third-order valence-electron chi connectivity index (χ3n) is 7.49. The Labute approximate surface area is 240 Å². The van der Waals surface area contributed by atoms with E-state index in [1.807, 2.05) is 30.5 Å². The molecule has 3 atom stereocenters. The molecule has 2 aromatic carbocycles. The topological polar surface area (TPSA) is 99.7 Å². The zero-order valence-corrected chi connectivity index (χ0v) is 23.7. The van der Waals surface area contributed by atoms with E-state index in [4.69, 9.17) is 11.2 Å². The number of carbonyl (C=O) groups excluding carboxylic acids is 2. The van der Waals surface area contributed by atoms with Gasteiger partial charge in [0.2, 0.25) is 11.8 Å². The largest absolute Gasteiger partial charge is 0.493 e. The molecule has 1 heterocycles. The molecular formula is C31H38FN3O4S. The fourth-order valence-corrected chi connectivity index (χ4v) is 5.50. The molecule has 2 aliphatic rings. The second-order valence-electron chi connectivity index (χ2n) is 10.6. The van der Waals surface area contributed by atoms with Crippen LogP contribution < -0.4 is 20.7 Å². The number of amides is 2. The number of benzene rings is 2. The number of nitrogens with one attached hydrogen (secondary N) is 3. The number of hydrogen-bond donors (Lipinski definition) is 4. The van der Waals surface area contributed by atoms with Crippen molar-refractivity contribution in [2.24, 2.45) is 0 Å². The van der Waals surface area contributed by atoms with Gasteiger partial charge in [0.05, 0.1) is 18.8 Å².